The van der Waals surface area contributed by atoms with Gasteiger partial charge < -0.3 is 11.1 Å². The molecule has 0 aliphatic heterocycles. The molecule has 1 rings (SSSR count). The summed E-state index contributed by atoms with van der Waals surface area (Å²) in [6.07, 6.45) is -5.40. The highest BCUT2D eigenvalue weighted by Crippen LogP contribution is 2.28. The van der Waals surface area contributed by atoms with E-state index in [1.807, 2.05) is 0 Å². The van der Waals surface area contributed by atoms with Gasteiger partial charge in [0.2, 0.25) is 0 Å². The van der Waals surface area contributed by atoms with Crippen molar-refractivity contribution in [3.63, 3.8) is 0 Å². The zero-order valence-electron chi connectivity index (χ0n) is 9.65. The maximum absolute atomic E-state index is 11.9. The second kappa shape index (κ2) is 6.34. The summed E-state index contributed by atoms with van der Waals surface area (Å²) in [6, 6.07) is 2.69. The number of rotatable bonds is 4. The lowest BCUT2D eigenvalue weighted by Crippen LogP contribution is -2.26. The molecule has 0 aliphatic rings. The zero-order chi connectivity index (χ0) is 14.6. The number of alkyl halides is 3. The van der Waals surface area contributed by atoms with Crippen molar-refractivity contribution in [2.45, 2.75) is 19.0 Å². The minimum Gasteiger partial charge on any atom is -0.399 e. The maximum Gasteiger partial charge on any atom is 0.389 e. The fourth-order valence-electron chi connectivity index (χ4n) is 1.36. The van der Waals surface area contributed by atoms with E-state index in [0.29, 0.717) is 0 Å². The third kappa shape index (κ3) is 5.16. The summed E-state index contributed by atoms with van der Waals surface area (Å²) in [7, 11) is 0. The Morgan fingerprint density at radius 2 is 1.95 bits per heavy atom. The monoisotopic (exact) mass is 314 g/mol. The van der Waals surface area contributed by atoms with Crippen molar-refractivity contribution in [2.24, 2.45) is 0 Å². The predicted molar refractivity (Wildman–Crippen MR) is 68.5 cm³/mol. The molecule has 0 radical (unpaired) electrons. The molecule has 0 atom stereocenters. The van der Waals surface area contributed by atoms with Crippen molar-refractivity contribution in [2.75, 3.05) is 12.3 Å². The van der Waals surface area contributed by atoms with Gasteiger partial charge in [0, 0.05) is 18.7 Å². The number of hydrogen-bond acceptors (Lipinski definition) is 2. The minimum absolute atomic E-state index is 0.0178. The van der Waals surface area contributed by atoms with Crippen LogP contribution in [0.3, 0.4) is 0 Å². The van der Waals surface area contributed by atoms with E-state index in [4.69, 9.17) is 28.9 Å². The number of anilines is 1. The molecule has 3 N–H and O–H groups in total. The summed E-state index contributed by atoms with van der Waals surface area (Å²) in [5.74, 6) is -0.610. The Morgan fingerprint density at radius 1 is 1.32 bits per heavy atom. The van der Waals surface area contributed by atoms with Crippen LogP contribution in [0.4, 0.5) is 18.9 Å². The second-order valence-electron chi connectivity index (χ2n) is 3.84. The Kier molecular flexibility index (Phi) is 5.31. The number of hydrogen-bond donors (Lipinski definition) is 2. The lowest BCUT2D eigenvalue weighted by atomic mass is 10.2. The Labute approximate surface area is 117 Å². The van der Waals surface area contributed by atoms with Crippen molar-refractivity contribution in [3.05, 3.63) is 27.7 Å². The predicted octanol–water partition coefficient (Wildman–Crippen LogP) is 3.65. The largest absolute Gasteiger partial charge is 0.399 e. The first-order valence-corrected chi connectivity index (χ1v) is 6.06. The van der Waals surface area contributed by atoms with Gasteiger partial charge in [0.1, 0.15) is 0 Å². The lowest BCUT2D eigenvalue weighted by molar-refractivity contribution is -0.135. The van der Waals surface area contributed by atoms with Crippen LogP contribution in [0.2, 0.25) is 10.0 Å². The van der Waals surface area contributed by atoms with Gasteiger partial charge in [0.15, 0.2) is 0 Å². The molecule has 19 heavy (non-hydrogen) atoms. The number of nitrogen functional groups attached to an aromatic ring is 1. The average molecular weight is 315 g/mol. The summed E-state index contributed by atoms with van der Waals surface area (Å²) in [5.41, 5.74) is 5.79. The van der Waals surface area contributed by atoms with Gasteiger partial charge in [-0.05, 0) is 18.6 Å². The van der Waals surface area contributed by atoms with E-state index >= 15 is 0 Å². The Morgan fingerprint density at radius 3 is 2.53 bits per heavy atom. The van der Waals surface area contributed by atoms with Gasteiger partial charge in [0.05, 0.1) is 15.6 Å². The quantitative estimate of drug-likeness (QED) is 0.658. The van der Waals surface area contributed by atoms with E-state index in [2.05, 4.69) is 5.32 Å². The Bertz CT molecular complexity index is 478. The summed E-state index contributed by atoms with van der Waals surface area (Å²) in [5, 5.41) is 2.46. The molecule has 0 spiro atoms. The molecule has 0 saturated heterocycles. The smallest absolute Gasteiger partial charge is 0.389 e. The average Bonchev–Trinajstić information content (AvgIpc) is 2.27. The van der Waals surface area contributed by atoms with Crippen molar-refractivity contribution in [1.29, 1.82) is 0 Å². The molecule has 0 bridgehead atoms. The molecule has 3 nitrogen and oxygen atoms in total. The first kappa shape index (κ1) is 15.9. The van der Waals surface area contributed by atoms with Gasteiger partial charge in [-0.1, -0.05) is 23.2 Å². The Hall–Kier alpha value is -1.14. The first-order valence-electron chi connectivity index (χ1n) is 5.30. The molecule has 8 heteroatoms. The standard InChI is InChI=1S/C11H11Cl2F3N2O/c12-8-5-6(17)4-7(9(8)13)10(19)18-3-1-2-11(14,15)16/h4-5H,1-3,17H2,(H,18,19). The van der Waals surface area contributed by atoms with Gasteiger partial charge >= 0.3 is 6.18 Å². The van der Waals surface area contributed by atoms with Crippen molar-refractivity contribution in [3.8, 4) is 0 Å². The van der Waals surface area contributed by atoms with Gasteiger partial charge in [-0.3, -0.25) is 4.79 Å². The SMILES string of the molecule is Nc1cc(Cl)c(Cl)c(C(=O)NCCCC(F)(F)F)c1. The third-order valence-corrected chi connectivity index (χ3v) is 3.02. The second-order valence-corrected chi connectivity index (χ2v) is 4.62. The fraction of sp³-hybridized carbons (Fsp3) is 0.364. The molecule has 106 valence electrons. The molecule has 1 aromatic rings. The van der Waals surface area contributed by atoms with E-state index in [-0.39, 0.29) is 34.3 Å². The van der Waals surface area contributed by atoms with Crippen LogP contribution in [-0.4, -0.2) is 18.6 Å². The lowest BCUT2D eigenvalue weighted by Gasteiger charge is -2.09. The van der Waals surface area contributed by atoms with Crippen LogP contribution in [0.5, 0.6) is 0 Å². The number of halogens is 5. The van der Waals surface area contributed by atoms with Gasteiger partial charge in [-0.25, -0.2) is 0 Å². The molecule has 0 unspecified atom stereocenters. The van der Waals surface area contributed by atoms with E-state index in [9.17, 15) is 18.0 Å². The fourth-order valence-corrected chi connectivity index (χ4v) is 1.78. The third-order valence-electron chi connectivity index (χ3n) is 2.22. The van der Waals surface area contributed by atoms with E-state index in [1.54, 1.807) is 0 Å². The highest BCUT2D eigenvalue weighted by molar-refractivity contribution is 6.44. The van der Waals surface area contributed by atoms with Gasteiger partial charge in [0.25, 0.3) is 5.91 Å². The van der Waals surface area contributed by atoms with Crippen LogP contribution in [0, 0.1) is 0 Å². The summed E-state index contributed by atoms with van der Waals surface area (Å²) < 4.78 is 35.7. The number of benzene rings is 1. The summed E-state index contributed by atoms with van der Waals surface area (Å²) >= 11 is 11.6. The number of nitrogens with two attached hydrogens (primary N) is 1. The topological polar surface area (TPSA) is 55.1 Å². The highest BCUT2D eigenvalue weighted by atomic mass is 35.5. The molecule has 1 aromatic carbocycles. The molecule has 0 fully saturated rings. The Balaban J connectivity index is 2.60. The van der Waals surface area contributed by atoms with Crippen molar-refractivity contribution < 1.29 is 18.0 Å². The van der Waals surface area contributed by atoms with Crippen LogP contribution in [0.1, 0.15) is 23.2 Å². The van der Waals surface area contributed by atoms with Crippen LogP contribution < -0.4 is 11.1 Å². The van der Waals surface area contributed by atoms with E-state index in [1.165, 1.54) is 12.1 Å². The minimum atomic E-state index is -4.23. The molecule has 0 aliphatic carbocycles. The number of carbonyl (C=O) groups excluding carboxylic acids is 1. The molecule has 0 saturated carbocycles. The van der Waals surface area contributed by atoms with Crippen molar-refractivity contribution in [1.82, 2.24) is 5.32 Å². The normalized spacial score (nSPS) is 11.4. The van der Waals surface area contributed by atoms with Gasteiger partial charge in [-0.2, -0.15) is 13.2 Å². The molecular weight excluding hydrogens is 304 g/mol. The zero-order valence-corrected chi connectivity index (χ0v) is 11.2. The number of nitrogens with one attached hydrogen (secondary N) is 1. The van der Waals surface area contributed by atoms with Crippen LogP contribution in [0.25, 0.3) is 0 Å². The molecule has 0 aromatic heterocycles. The highest BCUT2D eigenvalue weighted by Gasteiger charge is 2.26. The van der Waals surface area contributed by atoms with Crippen molar-refractivity contribution >= 4 is 34.8 Å². The number of carbonyl (C=O) groups is 1. The molecule has 0 heterocycles. The van der Waals surface area contributed by atoms with Crippen LogP contribution >= 0.6 is 23.2 Å². The maximum atomic E-state index is 11.9. The van der Waals surface area contributed by atoms with E-state index in [0.717, 1.165) is 0 Å². The van der Waals surface area contributed by atoms with E-state index < -0.39 is 18.5 Å². The summed E-state index contributed by atoms with van der Waals surface area (Å²) in [6.45, 7) is -0.110. The first-order chi connectivity index (χ1) is 8.70. The molecular formula is C11H11Cl2F3N2O. The van der Waals surface area contributed by atoms with Gasteiger partial charge in [-0.15, -0.1) is 0 Å². The number of amides is 1. The molecule has 1 amide bonds. The van der Waals surface area contributed by atoms with Crippen LogP contribution in [-0.2, 0) is 0 Å². The van der Waals surface area contributed by atoms with Crippen LogP contribution in [0.15, 0.2) is 12.1 Å². The summed E-state index contributed by atoms with van der Waals surface area (Å²) in [4.78, 5) is 11.7.